The van der Waals surface area contributed by atoms with Crippen molar-refractivity contribution in [3.8, 4) is 27.7 Å². The van der Waals surface area contributed by atoms with Crippen LogP contribution in [-0.2, 0) is 6.54 Å². The summed E-state index contributed by atoms with van der Waals surface area (Å²) in [4.78, 5) is 7.09. The molecular weight excluding hydrogens is 358 g/mol. The van der Waals surface area contributed by atoms with Gasteiger partial charge in [0.25, 0.3) is 0 Å². The van der Waals surface area contributed by atoms with Crippen LogP contribution in [0.4, 0.5) is 0 Å². The molecule has 1 aliphatic rings. The number of rotatable bonds is 6. The number of nitrogens with zero attached hydrogens (tertiary/aromatic N) is 5. The molecule has 0 bridgehead atoms. The van der Waals surface area contributed by atoms with Crippen LogP contribution in [0.3, 0.4) is 0 Å². The van der Waals surface area contributed by atoms with Gasteiger partial charge in [0.2, 0.25) is 0 Å². The van der Waals surface area contributed by atoms with Gasteiger partial charge in [-0.1, -0.05) is 11.3 Å². The van der Waals surface area contributed by atoms with Crippen molar-refractivity contribution in [1.82, 2.24) is 24.6 Å². The SMILES string of the molecule is COc1ccc(-c2nccn2CCC2CCCN2C)cc1-c1nnc(C)s1. The number of likely N-dealkylation sites (tertiary alicyclic amines) is 1. The first kappa shape index (κ1) is 18.1. The van der Waals surface area contributed by atoms with E-state index in [9.17, 15) is 0 Å². The van der Waals surface area contributed by atoms with Gasteiger partial charge in [-0.25, -0.2) is 4.98 Å². The molecule has 1 saturated heterocycles. The third-order valence-corrected chi connectivity index (χ3v) is 6.18. The predicted octanol–water partition coefficient (Wildman–Crippen LogP) is 3.87. The zero-order valence-corrected chi connectivity index (χ0v) is 16.9. The van der Waals surface area contributed by atoms with E-state index < -0.39 is 0 Å². The van der Waals surface area contributed by atoms with Gasteiger partial charge in [-0.15, -0.1) is 10.2 Å². The summed E-state index contributed by atoms with van der Waals surface area (Å²) in [7, 11) is 3.91. The summed E-state index contributed by atoms with van der Waals surface area (Å²) in [5.41, 5.74) is 2.04. The average molecular weight is 384 g/mol. The second kappa shape index (κ2) is 7.78. The Hall–Kier alpha value is -2.25. The number of benzene rings is 1. The predicted molar refractivity (Wildman–Crippen MR) is 108 cm³/mol. The molecule has 3 aromatic rings. The van der Waals surface area contributed by atoms with Crippen LogP contribution in [0.15, 0.2) is 30.6 Å². The van der Waals surface area contributed by atoms with Gasteiger partial charge in [-0.3, -0.25) is 0 Å². The van der Waals surface area contributed by atoms with Crippen LogP contribution >= 0.6 is 11.3 Å². The highest BCUT2D eigenvalue weighted by Gasteiger charge is 2.21. The quantitative estimate of drug-likeness (QED) is 0.647. The van der Waals surface area contributed by atoms with Crippen LogP contribution < -0.4 is 4.74 Å². The minimum Gasteiger partial charge on any atom is -0.496 e. The first-order valence-electron chi connectivity index (χ1n) is 9.36. The summed E-state index contributed by atoms with van der Waals surface area (Å²) in [6, 6.07) is 6.84. The summed E-state index contributed by atoms with van der Waals surface area (Å²) in [6.07, 6.45) is 7.71. The molecule has 0 aliphatic carbocycles. The first-order chi connectivity index (χ1) is 13.2. The van der Waals surface area contributed by atoms with Crippen LogP contribution in [0.2, 0.25) is 0 Å². The zero-order valence-electron chi connectivity index (χ0n) is 16.1. The minimum atomic E-state index is 0.677. The van der Waals surface area contributed by atoms with E-state index in [1.54, 1.807) is 18.4 Å². The Morgan fingerprint density at radius 1 is 1.30 bits per heavy atom. The summed E-state index contributed by atoms with van der Waals surface area (Å²) in [5, 5.41) is 10.3. The topological polar surface area (TPSA) is 56.1 Å². The molecule has 0 N–H and O–H groups in total. The van der Waals surface area contributed by atoms with Gasteiger partial charge < -0.3 is 14.2 Å². The largest absolute Gasteiger partial charge is 0.496 e. The summed E-state index contributed by atoms with van der Waals surface area (Å²) >= 11 is 1.57. The van der Waals surface area contributed by atoms with Crippen LogP contribution in [0, 0.1) is 6.92 Å². The Kier molecular flexibility index (Phi) is 5.22. The van der Waals surface area contributed by atoms with Crippen LogP contribution in [0.25, 0.3) is 22.0 Å². The maximum Gasteiger partial charge on any atom is 0.151 e. The molecule has 142 valence electrons. The van der Waals surface area contributed by atoms with E-state index in [0.29, 0.717) is 6.04 Å². The molecule has 27 heavy (non-hydrogen) atoms. The van der Waals surface area contributed by atoms with Crippen molar-refractivity contribution in [3.05, 3.63) is 35.6 Å². The molecule has 6 nitrogen and oxygen atoms in total. The Labute approximate surface area is 163 Å². The van der Waals surface area contributed by atoms with E-state index in [-0.39, 0.29) is 0 Å². The number of aromatic nitrogens is 4. The fourth-order valence-corrected chi connectivity index (χ4v) is 4.51. The van der Waals surface area contributed by atoms with Gasteiger partial charge in [0.05, 0.1) is 12.7 Å². The van der Waals surface area contributed by atoms with Crippen molar-refractivity contribution >= 4 is 11.3 Å². The van der Waals surface area contributed by atoms with Gasteiger partial charge in [0, 0.05) is 30.5 Å². The van der Waals surface area contributed by atoms with Crippen molar-refractivity contribution in [1.29, 1.82) is 0 Å². The van der Waals surface area contributed by atoms with Gasteiger partial charge in [-0.05, 0) is 58.0 Å². The van der Waals surface area contributed by atoms with E-state index >= 15 is 0 Å². The lowest BCUT2D eigenvalue weighted by molar-refractivity contribution is 0.286. The van der Waals surface area contributed by atoms with E-state index in [1.165, 1.54) is 19.4 Å². The van der Waals surface area contributed by atoms with Crippen molar-refractivity contribution in [2.75, 3.05) is 20.7 Å². The molecule has 0 saturated carbocycles. The molecule has 0 radical (unpaired) electrons. The number of hydrogen-bond donors (Lipinski definition) is 0. The highest BCUT2D eigenvalue weighted by molar-refractivity contribution is 7.14. The molecule has 1 atom stereocenters. The monoisotopic (exact) mass is 383 g/mol. The lowest BCUT2D eigenvalue weighted by atomic mass is 10.1. The zero-order chi connectivity index (χ0) is 18.8. The van der Waals surface area contributed by atoms with Crippen LogP contribution in [-0.4, -0.2) is 51.4 Å². The Morgan fingerprint density at radius 2 is 2.19 bits per heavy atom. The van der Waals surface area contributed by atoms with E-state index in [1.807, 2.05) is 19.2 Å². The number of ether oxygens (including phenoxy) is 1. The molecule has 1 aromatic carbocycles. The molecule has 2 aromatic heterocycles. The number of hydrogen-bond acceptors (Lipinski definition) is 6. The average Bonchev–Trinajstić information content (AvgIpc) is 3.41. The number of imidazole rings is 1. The maximum absolute atomic E-state index is 5.54. The molecule has 7 heteroatoms. The molecule has 0 spiro atoms. The molecular formula is C20H25N5OS. The third kappa shape index (κ3) is 3.75. The van der Waals surface area contributed by atoms with E-state index in [2.05, 4.69) is 50.0 Å². The molecule has 0 amide bonds. The number of aryl methyl sites for hydroxylation is 2. The Morgan fingerprint density at radius 3 is 2.89 bits per heavy atom. The van der Waals surface area contributed by atoms with Crippen molar-refractivity contribution < 1.29 is 4.74 Å². The summed E-state index contributed by atoms with van der Waals surface area (Å²) < 4.78 is 7.80. The standard InChI is InChI=1S/C20H25N5OS/c1-14-22-23-20(27-14)17-13-15(6-7-18(17)26-3)19-21-9-12-25(19)11-8-16-5-4-10-24(16)2/h6-7,9,12-13,16H,4-5,8,10-11H2,1-3H3. The van der Waals surface area contributed by atoms with Gasteiger partial charge in [0.1, 0.15) is 16.6 Å². The van der Waals surface area contributed by atoms with Crippen molar-refractivity contribution in [3.63, 3.8) is 0 Å². The third-order valence-electron chi connectivity index (χ3n) is 5.30. The van der Waals surface area contributed by atoms with Crippen LogP contribution in [0.1, 0.15) is 24.3 Å². The highest BCUT2D eigenvalue weighted by Crippen LogP contribution is 2.35. The second-order valence-electron chi connectivity index (χ2n) is 7.05. The van der Waals surface area contributed by atoms with Crippen molar-refractivity contribution in [2.24, 2.45) is 0 Å². The van der Waals surface area contributed by atoms with Gasteiger partial charge >= 0.3 is 0 Å². The highest BCUT2D eigenvalue weighted by atomic mass is 32.1. The molecule has 4 rings (SSSR count). The maximum atomic E-state index is 5.54. The number of methoxy groups -OCH3 is 1. The lowest BCUT2D eigenvalue weighted by Crippen LogP contribution is -2.26. The van der Waals surface area contributed by atoms with Gasteiger partial charge in [0.15, 0.2) is 5.01 Å². The normalized spacial score (nSPS) is 17.5. The summed E-state index contributed by atoms with van der Waals surface area (Å²) in [6.45, 7) is 4.15. The summed E-state index contributed by atoms with van der Waals surface area (Å²) in [5.74, 6) is 1.79. The molecule has 3 heterocycles. The first-order valence-corrected chi connectivity index (χ1v) is 10.2. The second-order valence-corrected chi connectivity index (χ2v) is 8.23. The van der Waals surface area contributed by atoms with E-state index in [4.69, 9.17) is 4.74 Å². The Bertz CT molecular complexity index is 919. The smallest absolute Gasteiger partial charge is 0.151 e. The molecule has 1 unspecified atom stereocenters. The van der Waals surface area contributed by atoms with Crippen LogP contribution in [0.5, 0.6) is 5.75 Å². The minimum absolute atomic E-state index is 0.677. The van der Waals surface area contributed by atoms with Gasteiger partial charge in [-0.2, -0.15) is 0 Å². The lowest BCUT2D eigenvalue weighted by Gasteiger charge is -2.20. The Balaban J connectivity index is 1.61. The molecule has 1 aliphatic heterocycles. The van der Waals surface area contributed by atoms with Crippen molar-refractivity contribution in [2.45, 2.75) is 38.8 Å². The van der Waals surface area contributed by atoms with E-state index in [0.717, 1.165) is 45.7 Å². The molecule has 1 fully saturated rings. The fourth-order valence-electron chi connectivity index (χ4n) is 3.80. The fraction of sp³-hybridized carbons (Fsp3) is 0.450.